The predicted molar refractivity (Wildman–Crippen MR) is 78.2 cm³/mol. The number of nitrogens with one attached hydrogen (secondary N) is 1. The van der Waals surface area contributed by atoms with Gasteiger partial charge in [0.15, 0.2) is 0 Å². The van der Waals surface area contributed by atoms with Gasteiger partial charge in [0.2, 0.25) is 5.91 Å². The van der Waals surface area contributed by atoms with Crippen LogP contribution >= 0.6 is 0 Å². The van der Waals surface area contributed by atoms with Crippen LogP contribution in [0.25, 0.3) is 0 Å². The van der Waals surface area contributed by atoms with E-state index in [-0.39, 0.29) is 6.54 Å². The van der Waals surface area contributed by atoms with E-state index in [4.69, 9.17) is 0 Å². The van der Waals surface area contributed by atoms with Gasteiger partial charge in [-0.15, -0.1) is 0 Å². The normalized spacial score (nSPS) is 13.2. The molecule has 0 bridgehead atoms. The SMILES string of the molecule is O=C(CN1C(=O)C(=O)c2ccccc21)Nc1ccc(F)cc1. The molecule has 0 unspecified atom stereocenters. The first-order chi connectivity index (χ1) is 10.6. The number of nitrogens with zero attached hydrogens (tertiary/aromatic N) is 1. The van der Waals surface area contributed by atoms with Crippen LogP contribution in [0, 0.1) is 5.82 Å². The topological polar surface area (TPSA) is 66.5 Å². The van der Waals surface area contributed by atoms with E-state index in [9.17, 15) is 18.8 Å². The lowest BCUT2D eigenvalue weighted by Gasteiger charge is -2.16. The third-order valence-corrected chi connectivity index (χ3v) is 3.31. The van der Waals surface area contributed by atoms with E-state index in [1.807, 2.05) is 0 Å². The van der Waals surface area contributed by atoms with Crippen molar-refractivity contribution in [2.24, 2.45) is 0 Å². The van der Waals surface area contributed by atoms with Gasteiger partial charge in [-0.05, 0) is 36.4 Å². The summed E-state index contributed by atoms with van der Waals surface area (Å²) in [7, 11) is 0. The van der Waals surface area contributed by atoms with Gasteiger partial charge in [-0.3, -0.25) is 19.3 Å². The molecule has 2 aromatic carbocycles. The number of amides is 2. The van der Waals surface area contributed by atoms with Crippen LogP contribution in [0.2, 0.25) is 0 Å². The van der Waals surface area contributed by atoms with Crippen molar-refractivity contribution < 1.29 is 18.8 Å². The first kappa shape index (κ1) is 13.9. The third kappa shape index (κ3) is 2.46. The Hall–Kier alpha value is -3.02. The second-order valence-corrected chi connectivity index (χ2v) is 4.79. The Morgan fingerprint density at radius 2 is 1.73 bits per heavy atom. The van der Waals surface area contributed by atoms with Crippen molar-refractivity contribution in [3.8, 4) is 0 Å². The van der Waals surface area contributed by atoms with Crippen molar-refractivity contribution >= 4 is 29.0 Å². The summed E-state index contributed by atoms with van der Waals surface area (Å²) in [5.74, 6) is -2.22. The number of para-hydroxylation sites is 1. The zero-order valence-electron chi connectivity index (χ0n) is 11.4. The van der Waals surface area contributed by atoms with E-state index in [0.717, 1.165) is 4.90 Å². The standard InChI is InChI=1S/C16H11FN2O3/c17-10-5-7-11(8-6-10)18-14(20)9-19-13-4-2-1-3-12(13)15(21)16(19)22/h1-8H,9H2,(H,18,20). The Morgan fingerprint density at radius 3 is 2.45 bits per heavy atom. The summed E-state index contributed by atoms with van der Waals surface area (Å²) in [5.41, 5.74) is 1.13. The first-order valence-electron chi connectivity index (χ1n) is 6.57. The van der Waals surface area contributed by atoms with Gasteiger partial charge in [-0.25, -0.2) is 4.39 Å². The lowest BCUT2D eigenvalue weighted by Crippen LogP contribution is -2.37. The molecule has 0 saturated heterocycles. The molecule has 0 saturated carbocycles. The van der Waals surface area contributed by atoms with E-state index in [2.05, 4.69) is 5.32 Å². The molecule has 1 aliphatic rings. The summed E-state index contributed by atoms with van der Waals surface area (Å²) in [6.07, 6.45) is 0. The summed E-state index contributed by atoms with van der Waals surface area (Å²) in [6.45, 7) is -0.279. The van der Waals surface area contributed by atoms with E-state index in [1.54, 1.807) is 24.3 Å². The van der Waals surface area contributed by atoms with Crippen molar-refractivity contribution in [2.75, 3.05) is 16.8 Å². The molecular formula is C16H11FN2O3. The lowest BCUT2D eigenvalue weighted by atomic mass is 10.1. The quantitative estimate of drug-likeness (QED) is 0.881. The number of fused-ring (bicyclic) bond motifs is 1. The second-order valence-electron chi connectivity index (χ2n) is 4.79. The number of hydrogen-bond acceptors (Lipinski definition) is 3. The predicted octanol–water partition coefficient (Wildman–Crippen LogP) is 1.99. The van der Waals surface area contributed by atoms with E-state index >= 15 is 0 Å². The van der Waals surface area contributed by atoms with Gasteiger partial charge < -0.3 is 5.32 Å². The molecule has 5 nitrogen and oxygen atoms in total. The zero-order valence-corrected chi connectivity index (χ0v) is 11.4. The number of carbonyl (C=O) groups excluding carboxylic acids is 3. The van der Waals surface area contributed by atoms with Gasteiger partial charge in [0.05, 0.1) is 11.3 Å². The maximum atomic E-state index is 12.8. The first-order valence-corrected chi connectivity index (χ1v) is 6.57. The number of anilines is 2. The fourth-order valence-electron chi connectivity index (χ4n) is 2.28. The summed E-state index contributed by atoms with van der Waals surface area (Å²) in [5, 5.41) is 2.55. The van der Waals surface area contributed by atoms with Crippen LogP contribution in [0.1, 0.15) is 10.4 Å². The molecule has 0 radical (unpaired) electrons. The fourth-order valence-corrected chi connectivity index (χ4v) is 2.28. The maximum Gasteiger partial charge on any atom is 0.299 e. The molecule has 3 rings (SSSR count). The number of benzene rings is 2. The highest BCUT2D eigenvalue weighted by molar-refractivity contribution is 6.52. The van der Waals surface area contributed by atoms with E-state index in [1.165, 1.54) is 24.3 Å². The number of hydrogen-bond donors (Lipinski definition) is 1. The molecule has 2 aromatic rings. The van der Waals surface area contributed by atoms with Crippen molar-refractivity contribution in [2.45, 2.75) is 0 Å². The molecule has 110 valence electrons. The molecular weight excluding hydrogens is 287 g/mol. The Morgan fingerprint density at radius 1 is 1.05 bits per heavy atom. The summed E-state index contributed by atoms with van der Waals surface area (Å²) in [6, 6.07) is 11.8. The van der Waals surface area contributed by atoms with Gasteiger partial charge in [0.25, 0.3) is 11.7 Å². The van der Waals surface area contributed by atoms with E-state index < -0.39 is 23.4 Å². The minimum absolute atomic E-state index is 0.279. The smallest absolute Gasteiger partial charge is 0.299 e. The van der Waals surface area contributed by atoms with Gasteiger partial charge in [-0.2, -0.15) is 0 Å². The molecule has 6 heteroatoms. The second kappa shape index (κ2) is 5.40. The van der Waals surface area contributed by atoms with Crippen LogP contribution in [0.4, 0.5) is 15.8 Å². The molecule has 0 spiro atoms. The van der Waals surface area contributed by atoms with Gasteiger partial charge in [-0.1, -0.05) is 12.1 Å². The maximum absolute atomic E-state index is 12.8. The van der Waals surface area contributed by atoms with Crippen LogP contribution in [-0.4, -0.2) is 24.1 Å². The molecule has 22 heavy (non-hydrogen) atoms. The molecule has 0 aromatic heterocycles. The van der Waals surface area contributed by atoms with Crippen molar-refractivity contribution in [1.82, 2.24) is 0 Å². The summed E-state index contributed by atoms with van der Waals surface area (Å²) < 4.78 is 12.8. The van der Waals surface area contributed by atoms with Crippen molar-refractivity contribution in [3.05, 3.63) is 59.9 Å². The van der Waals surface area contributed by atoms with Crippen molar-refractivity contribution in [1.29, 1.82) is 0 Å². The Kier molecular flexibility index (Phi) is 3.42. The average Bonchev–Trinajstić information content (AvgIpc) is 2.75. The van der Waals surface area contributed by atoms with Crippen molar-refractivity contribution in [3.63, 3.8) is 0 Å². The van der Waals surface area contributed by atoms with Crippen LogP contribution in [0.3, 0.4) is 0 Å². The summed E-state index contributed by atoms with van der Waals surface area (Å²) >= 11 is 0. The average molecular weight is 298 g/mol. The molecule has 1 heterocycles. The monoisotopic (exact) mass is 298 g/mol. The minimum Gasteiger partial charge on any atom is -0.325 e. The van der Waals surface area contributed by atoms with Crippen LogP contribution in [0.5, 0.6) is 0 Å². The third-order valence-electron chi connectivity index (χ3n) is 3.31. The molecule has 0 fully saturated rings. The van der Waals surface area contributed by atoms with Gasteiger partial charge >= 0.3 is 0 Å². The Bertz CT molecular complexity index is 771. The minimum atomic E-state index is -0.726. The molecule has 1 aliphatic heterocycles. The molecule has 0 aliphatic carbocycles. The van der Waals surface area contributed by atoms with E-state index in [0.29, 0.717) is 16.9 Å². The Labute approximate surface area is 125 Å². The fraction of sp³-hybridized carbons (Fsp3) is 0.0625. The zero-order chi connectivity index (χ0) is 15.7. The lowest BCUT2D eigenvalue weighted by molar-refractivity contribution is -0.118. The number of halogens is 1. The largest absolute Gasteiger partial charge is 0.325 e. The highest BCUT2D eigenvalue weighted by Gasteiger charge is 2.36. The summed E-state index contributed by atoms with van der Waals surface area (Å²) in [4.78, 5) is 36.9. The number of rotatable bonds is 3. The number of Topliss-reactive ketones (excluding diaryl/α,β-unsaturated/α-hetero) is 1. The molecule has 0 atom stereocenters. The van der Waals surface area contributed by atoms with Gasteiger partial charge in [0.1, 0.15) is 12.4 Å². The molecule has 2 amide bonds. The molecule has 1 N–H and O–H groups in total. The van der Waals surface area contributed by atoms with Crippen LogP contribution in [0.15, 0.2) is 48.5 Å². The van der Waals surface area contributed by atoms with Gasteiger partial charge in [0, 0.05) is 5.69 Å². The Balaban J connectivity index is 1.76. The van der Waals surface area contributed by atoms with Crippen LogP contribution in [-0.2, 0) is 9.59 Å². The highest BCUT2D eigenvalue weighted by Crippen LogP contribution is 2.28. The number of carbonyl (C=O) groups is 3. The number of ketones is 1. The van der Waals surface area contributed by atoms with Crippen LogP contribution < -0.4 is 10.2 Å². The highest BCUT2D eigenvalue weighted by atomic mass is 19.1.